The van der Waals surface area contributed by atoms with Crippen LogP contribution in [0.25, 0.3) is 11.0 Å². The Balaban J connectivity index is 1.13. The van der Waals surface area contributed by atoms with Crippen LogP contribution in [-0.4, -0.2) is 56.3 Å². The molecular formula is C32H46N4O. The lowest BCUT2D eigenvalue weighted by Crippen LogP contribution is -2.58. The highest BCUT2D eigenvalue weighted by Crippen LogP contribution is 2.48. The summed E-state index contributed by atoms with van der Waals surface area (Å²) in [7, 11) is 0. The topological polar surface area (TPSA) is 41.4 Å². The molecule has 2 aromatic rings. The van der Waals surface area contributed by atoms with E-state index in [-0.39, 0.29) is 5.92 Å². The highest BCUT2D eigenvalue weighted by molar-refractivity contribution is 5.78. The van der Waals surface area contributed by atoms with Gasteiger partial charge in [-0.05, 0) is 102 Å². The second kappa shape index (κ2) is 10.1. The summed E-state index contributed by atoms with van der Waals surface area (Å²) in [6.07, 6.45) is 17.7. The highest BCUT2D eigenvalue weighted by atomic mass is 16.1. The molecule has 200 valence electrons. The molecule has 5 nitrogen and oxygen atoms in total. The minimum Gasteiger partial charge on any atom is -0.324 e. The van der Waals surface area contributed by atoms with Crippen molar-refractivity contribution in [2.75, 3.05) is 13.1 Å². The first-order chi connectivity index (χ1) is 18.1. The smallest absolute Gasteiger partial charge is 0.133 e. The molecule has 4 heterocycles. The third-order valence-electron chi connectivity index (χ3n) is 11.1. The van der Waals surface area contributed by atoms with E-state index >= 15 is 0 Å². The van der Waals surface area contributed by atoms with Crippen molar-refractivity contribution >= 4 is 16.8 Å². The van der Waals surface area contributed by atoms with Gasteiger partial charge in [-0.3, -0.25) is 14.6 Å². The number of nitrogens with zero attached hydrogens (tertiary/aromatic N) is 4. The fraction of sp³-hybridized carbons (Fsp3) is 0.750. The molecule has 0 radical (unpaired) electrons. The number of carbonyl (C=O) groups excluding carboxylic acids is 1. The van der Waals surface area contributed by atoms with Crippen LogP contribution in [0.2, 0.25) is 0 Å². The van der Waals surface area contributed by atoms with E-state index in [2.05, 4.69) is 38.6 Å². The summed E-state index contributed by atoms with van der Waals surface area (Å²) < 4.78 is 2.67. The average Bonchev–Trinajstić information content (AvgIpc) is 3.25. The zero-order valence-electron chi connectivity index (χ0n) is 22.9. The first-order valence-corrected chi connectivity index (χ1v) is 15.6. The quantitative estimate of drug-likeness (QED) is 0.477. The second-order valence-electron chi connectivity index (χ2n) is 13.4. The molecule has 0 amide bonds. The molecule has 37 heavy (non-hydrogen) atoms. The number of benzene rings is 1. The highest BCUT2D eigenvalue weighted by Gasteiger charge is 2.45. The van der Waals surface area contributed by atoms with E-state index in [0.29, 0.717) is 11.8 Å². The molecule has 3 saturated heterocycles. The van der Waals surface area contributed by atoms with Gasteiger partial charge in [0.05, 0.1) is 17.6 Å². The van der Waals surface area contributed by atoms with E-state index in [0.717, 1.165) is 68.0 Å². The molecule has 0 spiro atoms. The molecule has 7 rings (SSSR count). The van der Waals surface area contributed by atoms with Crippen LogP contribution in [0.15, 0.2) is 24.3 Å². The Morgan fingerprint density at radius 3 is 2.19 bits per heavy atom. The van der Waals surface area contributed by atoms with Crippen LogP contribution < -0.4 is 0 Å². The number of piperidine rings is 3. The number of carbonyl (C=O) groups is 1. The molecule has 5 fully saturated rings. The standard InChI is InChI=1S/C32H46N4O/c1-22(37)25-12-14-34(15-13-25)21-32-33-30-10-2-3-11-31(30)36(32)29-19-26-8-5-9-27(20-29)35(26)28-17-23-6-4-7-24(16-23)18-28/h2-3,10-11,23-29H,4-9,12-21H2,1H3/t23-,24+,26-,27+,28?,29?. The number of fused-ring (bicyclic) bond motifs is 5. The SMILES string of the molecule is CC(=O)C1CCN(Cc2nc3ccccc3n2C2C[C@H]3CCC[C@@H](C2)N3C2C[C@H]3CCC[C@@H](C2)C3)CC1. The summed E-state index contributed by atoms with van der Waals surface area (Å²) in [6, 6.07) is 11.8. The molecule has 5 heteroatoms. The zero-order valence-corrected chi connectivity index (χ0v) is 22.9. The van der Waals surface area contributed by atoms with Gasteiger partial charge in [-0.25, -0.2) is 4.98 Å². The molecule has 2 unspecified atom stereocenters. The molecule has 4 bridgehead atoms. The first kappa shape index (κ1) is 24.3. The Bertz CT molecular complexity index is 1090. The van der Waals surface area contributed by atoms with Gasteiger partial charge < -0.3 is 4.57 Å². The van der Waals surface area contributed by atoms with Crippen LogP contribution in [-0.2, 0) is 11.3 Å². The van der Waals surface area contributed by atoms with Gasteiger partial charge in [-0.2, -0.15) is 0 Å². The van der Waals surface area contributed by atoms with Gasteiger partial charge in [-0.1, -0.05) is 37.8 Å². The molecule has 5 aliphatic rings. The van der Waals surface area contributed by atoms with E-state index < -0.39 is 0 Å². The van der Waals surface area contributed by atoms with Crippen LogP contribution in [0, 0.1) is 17.8 Å². The van der Waals surface area contributed by atoms with Crippen molar-refractivity contribution in [1.29, 1.82) is 0 Å². The Labute approximate surface area is 223 Å². The summed E-state index contributed by atoms with van der Waals surface area (Å²) in [4.78, 5) is 22.7. The van der Waals surface area contributed by atoms with Crippen molar-refractivity contribution in [1.82, 2.24) is 19.4 Å². The van der Waals surface area contributed by atoms with E-state index in [4.69, 9.17) is 4.98 Å². The number of para-hydroxylation sites is 2. The van der Waals surface area contributed by atoms with Crippen molar-refractivity contribution in [3.05, 3.63) is 30.1 Å². The number of hydrogen-bond acceptors (Lipinski definition) is 4. The van der Waals surface area contributed by atoms with Crippen LogP contribution in [0.5, 0.6) is 0 Å². The monoisotopic (exact) mass is 502 g/mol. The second-order valence-corrected chi connectivity index (χ2v) is 13.4. The lowest BCUT2D eigenvalue weighted by atomic mass is 9.68. The van der Waals surface area contributed by atoms with Gasteiger partial charge in [0.1, 0.15) is 11.6 Å². The Morgan fingerprint density at radius 2 is 1.49 bits per heavy atom. The molecule has 2 saturated carbocycles. The van der Waals surface area contributed by atoms with Crippen LogP contribution in [0.1, 0.15) is 102 Å². The van der Waals surface area contributed by atoms with E-state index in [9.17, 15) is 4.79 Å². The Kier molecular flexibility index (Phi) is 6.65. The maximum atomic E-state index is 11.9. The molecular weight excluding hydrogens is 456 g/mol. The maximum Gasteiger partial charge on any atom is 0.133 e. The van der Waals surface area contributed by atoms with Gasteiger partial charge in [0, 0.05) is 30.1 Å². The molecule has 6 atom stereocenters. The largest absolute Gasteiger partial charge is 0.324 e. The van der Waals surface area contributed by atoms with Crippen molar-refractivity contribution in [2.45, 2.75) is 121 Å². The minimum absolute atomic E-state index is 0.262. The van der Waals surface area contributed by atoms with E-state index in [1.807, 2.05) is 0 Å². The van der Waals surface area contributed by atoms with E-state index in [1.165, 1.54) is 82.0 Å². The lowest BCUT2D eigenvalue weighted by Gasteiger charge is -2.55. The fourth-order valence-electron chi connectivity index (χ4n) is 9.45. The Morgan fingerprint density at radius 1 is 0.811 bits per heavy atom. The molecule has 2 aliphatic carbocycles. The summed E-state index contributed by atoms with van der Waals surface area (Å²) in [5.74, 6) is 3.90. The summed E-state index contributed by atoms with van der Waals surface area (Å²) in [5, 5.41) is 0. The molecule has 3 aliphatic heterocycles. The van der Waals surface area contributed by atoms with Crippen LogP contribution >= 0.6 is 0 Å². The summed E-state index contributed by atoms with van der Waals surface area (Å²) in [5.41, 5.74) is 2.49. The van der Waals surface area contributed by atoms with Gasteiger partial charge in [0.2, 0.25) is 0 Å². The third-order valence-corrected chi connectivity index (χ3v) is 11.1. The van der Waals surface area contributed by atoms with Gasteiger partial charge in [0.15, 0.2) is 0 Å². The number of rotatable bonds is 5. The lowest BCUT2D eigenvalue weighted by molar-refractivity contribution is -0.122. The number of ketones is 1. The van der Waals surface area contributed by atoms with Crippen molar-refractivity contribution < 1.29 is 4.79 Å². The number of likely N-dealkylation sites (tertiary alicyclic amines) is 1. The van der Waals surface area contributed by atoms with Gasteiger partial charge >= 0.3 is 0 Å². The fourth-order valence-corrected chi connectivity index (χ4v) is 9.45. The minimum atomic E-state index is 0.262. The molecule has 1 aromatic heterocycles. The van der Waals surface area contributed by atoms with Crippen molar-refractivity contribution in [3.8, 4) is 0 Å². The molecule has 0 N–H and O–H groups in total. The average molecular weight is 503 g/mol. The number of imidazole rings is 1. The normalized spacial score (nSPS) is 35.6. The predicted octanol–water partition coefficient (Wildman–Crippen LogP) is 6.36. The van der Waals surface area contributed by atoms with Gasteiger partial charge in [-0.15, -0.1) is 0 Å². The van der Waals surface area contributed by atoms with E-state index in [1.54, 1.807) is 6.92 Å². The maximum absolute atomic E-state index is 11.9. The number of Topliss-reactive ketones (excluding diaryl/α,β-unsaturated/α-hetero) is 1. The van der Waals surface area contributed by atoms with Crippen LogP contribution in [0.4, 0.5) is 0 Å². The number of aromatic nitrogens is 2. The number of hydrogen-bond donors (Lipinski definition) is 0. The first-order valence-electron chi connectivity index (χ1n) is 15.6. The van der Waals surface area contributed by atoms with Gasteiger partial charge in [0.25, 0.3) is 0 Å². The van der Waals surface area contributed by atoms with Crippen molar-refractivity contribution in [2.24, 2.45) is 17.8 Å². The predicted molar refractivity (Wildman–Crippen MR) is 148 cm³/mol. The Hall–Kier alpha value is -1.72. The summed E-state index contributed by atoms with van der Waals surface area (Å²) in [6.45, 7) is 4.71. The molecule has 1 aromatic carbocycles. The third kappa shape index (κ3) is 4.69. The zero-order chi connectivity index (χ0) is 24.9. The summed E-state index contributed by atoms with van der Waals surface area (Å²) >= 11 is 0. The van der Waals surface area contributed by atoms with Crippen molar-refractivity contribution in [3.63, 3.8) is 0 Å². The van der Waals surface area contributed by atoms with Crippen LogP contribution in [0.3, 0.4) is 0 Å².